The van der Waals surface area contributed by atoms with Gasteiger partial charge in [0, 0.05) is 30.5 Å². The lowest BCUT2D eigenvalue weighted by Crippen LogP contribution is -2.23. The maximum Gasteiger partial charge on any atom is 0.270 e. The van der Waals surface area contributed by atoms with Crippen molar-refractivity contribution < 1.29 is 14.3 Å². The largest absolute Gasteiger partial charge is 0.497 e. The van der Waals surface area contributed by atoms with Crippen LogP contribution in [-0.2, 0) is 13.1 Å². The van der Waals surface area contributed by atoms with Crippen LogP contribution in [0.5, 0.6) is 11.5 Å². The van der Waals surface area contributed by atoms with Crippen LogP contribution in [-0.4, -0.2) is 25.1 Å². The van der Waals surface area contributed by atoms with Crippen LogP contribution in [0.4, 0.5) is 5.69 Å². The Hall–Kier alpha value is -3.54. The summed E-state index contributed by atoms with van der Waals surface area (Å²) >= 11 is 0. The van der Waals surface area contributed by atoms with Crippen molar-refractivity contribution in [3.05, 3.63) is 83.7 Å². The molecule has 1 aromatic heterocycles. The number of aromatic nitrogens is 1. The molecule has 0 aliphatic carbocycles. The quantitative estimate of drug-likeness (QED) is 0.627. The summed E-state index contributed by atoms with van der Waals surface area (Å²) in [6, 6.07) is 18.9. The zero-order valence-corrected chi connectivity index (χ0v) is 15.9. The van der Waals surface area contributed by atoms with Crippen molar-refractivity contribution in [1.29, 1.82) is 0 Å². The van der Waals surface area contributed by atoms with Crippen LogP contribution in [0.15, 0.2) is 66.9 Å². The van der Waals surface area contributed by atoms with Crippen LogP contribution >= 0.6 is 0 Å². The van der Waals surface area contributed by atoms with Gasteiger partial charge in [-0.1, -0.05) is 30.3 Å². The van der Waals surface area contributed by atoms with Crippen molar-refractivity contribution in [2.75, 3.05) is 19.5 Å². The predicted octanol–water partition coefficient (Wildman–Crippen LogP) is 3.64. The summed E-state index contributed by atoms with van der Waals surface area (Å²) < 4.78 is 10.5. The fraction of sp³-hybridized carbons (Fsp3) is 0.182. The molecule has 3 aromatic rings. The molecule has 2 N–H and O–H groups in total. The molecule has 0 spiro atoms. The molecule has 6 heteroatoms. The number of ether oxygens (including phenoxy) is 2. The van der Waals surface area contributed by atoms with E-state index in [0.717, 1.165) is 28.3 Å². The van der Waals surface area contributed by atoms with Gasteiger partial charge in [0.1, 0.15) is 17.2 Å². The van der Waals surface area contributed by atoms with Gasteiger partial charge in [0.15, 0.2) is 0 Å². The number of benzene rings is 2. The number of anilines is 1. The Morgan fingerprint density at radius 2 is 1.75 bits per heavy atom. The second-order valence-corrected chi connectivity index (χ2v) is 6.13. The lowest BCUT2D eigenvalue weighted by atomic mass is 10.2. The van der Waals surface area contributed by atoms with Gasteiger partial charge in [0.2, 0.25) is 0 Å². The fourth-order valence-electron chi connectivity index (χ4n) is 2.73. The summed E-state index contributed by atoms with van der Waals surface area (Å²) in [5.41, 5.74) is 3.20. The third-order valence-corrected chi connectivity index (χ3v) is 4.28. The second-order valence-electron chi connectivity index (χ2n) is 6.13. The molecule has 0 saturated carbocycles. The molecule has 0 aliphatic heterocycles. The Balaban J connectivity index is 1.59. The number of carbonyl (C=O) groups is 1. The first-order chi connectivity index (χ1) is 13.7. The second kappa shape index (κ2) is 9.41. The number of pyridine rings is 1. The number of hydrogen-bond donors (Lipinski definition) is 2. The standard InChI is InChI=1S/C22H23N3O3/c1-27-19-9-7-16(8-10-19)14-25-22(26)20-13-18(11-12-23-20)24-15-17-5-3-4-6-21(17)28-2/h3-13H,14-15H2,1-2H3,(H,23,24)(H,25,26). The first-order valence-corrected chi connectivity index (χ1v) is 8.92. The normalized spacial score (nSPS) is 10.2. The molecular weight excluding hydrogens is 354 g/mol. The van der Waals surface area contributed by atoms with Gasteiger partial charge in [-0.05, 0) is 35.9 Å². The predicted molar refractivity (Wildman–Crippen MR) is 109 cm³/mol. The van der Waals surface area contributed by atoms with Crippen LogP contribution in [0.2, 0.25) is 0 Å². The maximum atomic E-state index is 12.4. The topological polar surface area (TPSA) is 72.5 Å². The maximum absolute atomic E-state index is 12.4. The van der Waals surface area contributed by atoms with E-state index in [9.17, 15) is 4.79 Å². The van der Waals surface area contributed by atoms with Crippen molar-refractivity contribution in [1.82, 2.24) is 10.3 Å². The molecule has 144 valence electrons. The number of hydrogen-bond acceptors (Lipinski definition) is 5. The molecule has 6 nitrogen and oxygen atoms in total. The Labute approximate surface area is 164 Å². The van der Waals surface area contributed by atoms with E-state index in [1.54, 1.807) is 26.5 Å². The van der Waals surface area contributed by atoms with E-state index in [1.807, 2.05) is 54.6 Å². The zero-order valence-electron chi connectivity index (χ0n) is 15.9. The van der Waals surface area contributed by atoms with E-state index in [0.29, 0.717) is 18.8 Å². The Morgan fingerprint density at radius 3 is 2.50 bits per heavy atom. The molecule has 2 aromatic carbocycles. The molecule has 0 radical (unpaired) electrons. The third-order valence-electron chi connectivity index (χ3n) is 4.28. The number of nitrogens with one attached hydrogen (secondary N) is 2. The Bertz CT molecular complexity index is 926. The highest BCUT2D eigenvalue weighted by molar-refractivity contribution is 5.93. The average Bonchev–Trinajstić information content (AvgIpc) is 2.76. The Morgan fingerprint density at radius 1 is 0.964 bits per heavy atom. The fourth-order valence-corrected chi connectivity index (χ4v) is 2.73. The van der Waals surface area contributed by atoms with Crippen LogP contribution in [0.25, 0.3) is 0 Å². The van der Waals surface area contributed by atoms with E-state index in [1.165, 1.54) is 0 Å². The number of para-hydroxylation sites is 1. The van der Waals surface area contributed by atoms with Crippen LogP contribution in [0.3, 0.4) is 0 Å². The molecule has 1 amide bonds. The van der Waals surface area contributed by atoms with Gasteiger partial charge in [-0.15, -0.1) is 0 Å². The van der Waals surface area contributed by atoms with Crippen molar-refractivity contribution in [2.24, 2.45) is 0 Å². The highest BCUT2D eigenvalue weighted by Gasteiger charge is 2.08. The van der Waals surface area contributed by atoms with Crippen molar-refractivity contribution in [3.63, 3.8) is 0 Å². The van der Waals surface area contributed by atoms with Gasteiger partial charge >= 0.3 is 0 Å². The van der Waals surface area contributed by atoms with E-state index in [-0.39, 0.29) is 5.91 Å². The van der Waals surface area contributed by atoms with Gasteiger partial charge in [0.05, 0.1) is 14.2 Å². The molecule has 0 aliphatic rings. The summed E-state index contributed by atoms with van der Waals surface area (Å²) in [7, 11) is 3.27. The van der Waals surface area contributed by atoms with E-state index >= 15 is 0 Å². The zero-order chi connectivity index (χ0) is 19.8. The summed E-state index contributed by atoms with van der Waals surface area (Å²) in [6.45, 7) is 1.00. The molecular formula is C22H23N3O3. The van der Waals surface area contributed by atoms with Gasteiger partial charge < -0.3 is 20.1 Å². The minimum Gasteiger partial charge on any atom is -0.497 e. The molecule has 0 fully saturated rings. The molecule has 0 atom stereocenters. The minimum absolute atomic E-state index is 0.225. The first-order valence-electron chi connectivity index (χ1n) is 8.92. The van der Waals surface area contributed by atoms with Gasteiger partial charge in [-0.3, -0.25) is 9.78 Å². The highest BCUT2D eigenvalue weighted by Crippen LogP contribution is 2.19. The van der Waals surface area contributed by atoms with Crippen molar-refractivity contribution in [3.8, 4) is 11.5 Å². The molecule has 0 unspecified atom stereocenters. The van der Waals surface area contributed by atoms with Crippen LogP contribution < -0.4 is 20.1 Å². The van der Waals surface area contributed by atoms with Gasteiger partial charge in [-0.2, -0.15) is 0 Å². The van der Waals surface area contributed by atoms with E-state index < -0.39 is 0 Å². The van der Waals surface area contributed by atoms with Gasteiger partial charge in [0.25, 0.3) is 5.91 Å². The molecule has 28 heavy (non-hydrogen) atoms. The number of methoxy groups -OCH3 is 2. The summed E-state index contributed by atoms with van der Waals surface area (Å²) in [4.78, 5) is 16.6. The van der Waals surface area contributed by atoms with Crippen LogP contribution in [0.1, 0.15) is 21.6 Å². The molecule has 0 saturated heterocycles. The molecule has 0 bridgehead atoms. The first kappa shape index (κ1) is 19.2. The monoisotopic (exact) mass is 377 g/mol. The molecule has 3 rings (SSSR count). The number of amides is 1. The third kappa shape index (κ3) is 5.01. The number of nitrogens with zero attached hydrogens (tertiary/aromatic N) is 1. The number of carbonyl (C=O) groups excluding carboxylic acids is 1. The highest BCUT2D eigenvalue weighted by atomic mass is 16.5. The lowest BCUT2D eigenvalue weighted by Gasteiger charge is -2.11. The van der Waals surface area contributed by atoms with Crippen molar-refractivity contribution in [2.45, 2.75) is 13.1 Å². The van der Waals surface area contributed by atoms with Gasteiger partial charge in [-0.25, -0.2) is 0 Å². The van der Waals surface area contributed by atoms with Crippen molar-refractivity contribution >= 4 is 11.6 Å². The lowest BCUT2D eigenvalue weighted by molar-refractivity contribution is 0.0946. The molecule has 1 heterocycles. The average molecular weight is 377 g/mol. The van der Waals surface area contributed by atoms with Crippen LogP contribution in [0, 0.1) is 0 Å². The van der Waals surface area contributed by atoms with E-state index in [4.69, 9.17) is 9.47 Å². The smallest absolute Gasteiger partial charge is 0.270 e. The summed E-state index contributed by atoms with van der Waals surface area (Å²) in [5.74, 6) is 1.38. The summed E-state index contributed by atoms with van der Waals surface area (Å²) in [5, 5.41) is 6.19. The Kier molecular flexibility index (Phi) is 6.46. The summed E-state index contributed by atoms with van der Waals surface area (Å²) in [6.07, 6.45) is 1.62. The minimum atomic E-state index is -0.225. The van der Waals surface area contributed by atoms with E-state index in [2.05, 4.69) is 15.6 Å². The number of rotatable bonds is 8. The SMILES string of the molecule is COc1ccc(CNC(=O)c2cc(NCc3ccccc3OC)ccn2)cc1.